The van der Waals surface area contributed by atoms with Gasteiger partial charge in [0.2, 0.25) is 0 Å². The van der Waals surface area contributed by atoms with Crippen molar-refractivity contribution in [3.8, 4) is 5.75 Å². The van der Waals surface area contributed by atoms with Gasteiger partial charge in [-0.15, -0.1) is 0 Å². The fourth-order valence-corrected chi connectivity index (χ4v) is 3.39. The highest BCUT2D eigenvalue weighted by molar-refractivity contribution is 5.91. The molecule has 0 bridgehead atoms. The third kappa shape index (κ3) is 5.03. The lowest BCUT2D eigenvalue weighted by molar-refractivity contribution is -1.02. The number of piperazine rings is 1. The molecule has 1 fully saturated rings. The van der Waals surface area contributed by atoms with Gasteiger partial charge in [0.1, 0.15) is 44.3 Å². The molecule has 1 saturated heterocycles. The fourth-order valence-electron chi connectivity index (χ4n) is 3.39. The second-order valence-electron chi connectivity index (χ2n) is 6.72. The Hall–Kier alpha value is -2.44. The second kappa shape index (κ2) is 8.78. The van der Waals surface area contributed by atoms with E-state index in [0.29, 0.717) is 12.2 Å². The third-order valence-corrected chi connectivity index (χ3v) is 4.84. The summed E-state index contributed by atoms with van der Waals surface area (Å²) < 4.78 is 18.3. The Balaban J connectivity index is 1.44. The van der Waals surface area contributed by atoms with Gasteiger partial charge in [-0.1, -0.05) is 12.1 Å². The first kappa shape index (κ1) is 18.4. The summed E-state index contributed by atoms with van der Waals surface area (Å²) >= 11 is 0. The molecule has 5 nitrogen and oxygen atoms in total. The van der Waals surface area contributed by atoms with Crippen LogP contribution in [0.5, 0.6) is 5.75 Å². The number of halogens is 1. The lowest BCUT2D eigenvalue weighted by atomic mass is 10.1. The van der Waals surface area contributed by atoms with Crippen molar-refractivity contribution in [3.05, 3.63) is 59.9 Å². The van der Waals surface area contributed by atoms with Gasteiger partial charge in [-0.25, -0.2) is 4.39 Å². The van der Waals surface area contributed by atoms with E-state index in [9.17, 15) is 9.18 Å². The SMILES string of the molecule is COc1ccccc1C[NH+]1CC[NH+](CC(=O)Nc2ccc(F)cc2)CC1. The van der Waals surface area contributed by atoms with Gasteiger partial charge in [-0.05, 0) is 36.4 Å². The Labute approximate surface area is 153 Å². The number of carbonyl (C=O) groups excluding carboxylic acids is 1. The summed E-state index contributed by atoms with van der Waals surface area (Å²) in [6.07, 6.45) is 0. The van der Waals surface area contributed by atoms with Gasteiger partial charge in [-0.3, -0.25) is 4.79 Å². The molecule has 138 valence electrons. The number of hydrogen-bond donors (Lipinski definition) is 3. The zero-order valence-corrected chi connectivity index (χ0v) is 15.1. The quantitative estimate of drug-likeness (QED) is 0.667. The zero-order valence-electron chi connectivity index (χ0n) is 15.1. The summed E-state index contributed by atoms with van der Waals surface area (Å²) in [5.74, 6) is 0.607. The number of amides is 1. The average Bonchev–Trinajstić information content (AvgIpc) is 2.65. The van der Waals surface area contributed by atoms with Crippen molar-refractivity contribution >= 4 is 11.6 Å². The van der Waals surface area contributed by atoms with Crippen LogP contribution in [-0.4, -0.2) is 45.7 Å². The fraction of sp³-hybridized carbons (Fsp3) is 0.350. The maximum Gasteiger partial charge on any atom is 0.279 e. The topological polar surface area (TPSA) is 47.2 Å². The lowest BCUT2D eigenvalue weighted by Crippen LogP contribution is -3.28. The number of hydrogen-bond acceptors (Lipinski definition) is 2. The van der Waals surface area contributed by atoms with Crippen LogP contribution >= 0.6 is 0 Å². The first-order chi connectivity index (χ1) is 12.6. The van der Waals surface area contributed by atoms with Crippen LogP contribution in [0.4, 0.5) is 10.1 Å². The van der Waals surface area contributed by atoms with E-state index >= 15 is 0 Å². The van der Waals surface area contributed by atoms with Gasteiger partial charge < -0.3 is 19.9 Å². The first-order valence-electron chi connectivity index (χ1n) is 8.98. The first-order valence-corrected chi connectivity index (χ1v) is 8.98. The summed E-state index contributed by atoms with van der Waals surface area (Å²) in [6.45, 7) is 5.36. The van der Waals surface area contributed by atoms with E-state index in [1.54, 1.807) is 19.2 Å². The number of methoxy groups -OCH3 is 1. The van der Waals surface area contributed by atoms with Crippen LogP contribution in [0.3, 0.4) is 0 Å². The summed E-state index contributed by atoms with van der Waals surface area (Å²) in [5.41, 5.74) is 1.86. The van der Waals surface area contributed by atoms with Crippen molar-refractivity contribution in [2.24, 2.45) is 0 Å². The Morgan fingerprint density at radius 1 is 1.04 bits per heavy atom. The highest BCUT2D eigenvalue weighted by atomic mass is 19.1. The van der Waals surface area contributed by atoms with E-state index < -0.39 is 0 Å². The van der Waals surface area contributed by atoms with E-state index in [2.05, 4.69) is 11.4 Å². The van der Waals surface area contributed by atoms with Crippen molar-refractivity contribution < 1.29 is 23.7 Å². The van der Waals surface area contributed by atoms with E-state index in [-0.39, 0.29) is 11.7 Å². The molecular weight excluding hydrogens is 333 g/mol. The van der Waals surface area contributed by atoms with Crippen molar-refractivity contribution in [1.29, 1.82) is 0 Å². The van der Waals surface area contributed by atoms with Gasteiger partial charge in [0.05, 0.1) is 7.11 Å². The number of quaternary nitrogens is 2. The number of anilines is 1. The summed E-state index contributed by atoms with van der Waals surface area (Å²) in [4.78, 5) is 15.0. The molecule has 0 radical (unpaired) electrons. The van der Waals surface area contributed by atoms with Crippen LogP contribution in [-0.2, 0) is 11.3 Å². The molecule has 3 rings (SSSR count). The summed E-state index contributed by atoms with van der Waals surface area (Å²) in [5, 5.41) is 2.83. The number of ether oxygens (including phenoxy) is 1. The highest BCUT2D eigenvalue weighted by Crippen LogP contribution is 2.15. The van der Waals surface area contributed by atoms with Crippen LogP contribution in [0.25, 0.3) is 0 Å². The highest BCUT2D eigenvalue weighted by Gasteiger charge is 2.25. The molecule has 0 aliphatic carbocycles. The van der Waals surface area contributed by atoms with Crippen LogP contribution in [0, 0.1) is 5.82 Å². The average molecular weight is 359 g/mol. The molecule has 0 unspecified atom stereocenters. The minimum Gasteiger partial charge on any atom is -0.496 e. The Kier molecular flexibility index (Phi) is 6.20. The Morgan fingerprint density at radius 3 is 2.38 bits per heavy atom. The molecule has 0 saturated carbocycles. The van der Waals surface area contributed by atoms with Gasteiger partial charge in [0.15, 0.2) is 6.54 Å². The molecule has 1 heterocycles. The summed E-state index contributed by atoms with van der Waals surface area (Å²) in [7, 11) is 1.70. The van der Waals surface area contributed by atoms with Crippen LogP contribution in [0.15, 0.2) is 48.5 Å². The van der Waals surface area contributed by atoms with Crippen LogP contribution < -0.4 is 19.9 Å². The van der Waals surface area contributed by atoms with E-state index in [1.807, 2.05) is 18.2 Å². The predicted octanol–water partition coefficient (Wildman–Crippen LogP) is -0.244. The number of rotatable bonds is 6. The van der Waals surface area contributed by atoms with Gasteiger partial charge in [-0.2, -0.15) is 0 Å². The number of nitrogens with one attached hydrogen (secondary N) is 3. The minimum atomic E-state index is -0.303. The second-order valence-corrected chi connectivity index (χ2v) is 6.72. The van der Waals surface area contributed by atoms with Crippen molar-refractivity contribution in [2.75, 3.05) is 45.2 Å². The number of benzene rings is 2. The molecule has 1 aliphatic heterocycles. The van der Waals surface area contributed by atoms with Crippen LogP contribution in [0.2, 0.25) is 0 Å². The lowest BCUT2D eigenvalue weighted by Gasteiger charge is -2.29. The molecule has 6 heteroatoms. The molecule has 0 atom stereocenters. The Bertz CT molecular complexity index is 728. The van der Waals surface area contributed by atoms with Gasteiger partial charge >= 0.3 is 0 Å². The molecule has 26 heavy (non-hydrogen) atoms. The molecule has 2 aromatic rings. The molecule has 0 aromatic heterocycles. The molecule has 2 aromatic carbocycles. The predicted molar refractivity (Wildman–Crippen MR) is 98.0 cm³/mol. The molecule has 3 N–H and O–H groups in total. The molecule has 1 amide bonds. The molecule has 1 aliphatic rings. The molecular formula is C20H26FN3O2+2. The maximum atomic E-state index is 12.9. The van der Waals surface area contributed by atoms with Crippen molar-refractivity contribution in [2.45, 2.75) is 6.54 Å². The third-order valence-electron chi connectivity index (χ3n) is 4.84. The zero-order chi connectivity index (χ0) is 18.4. The van der Waals surface area contributed by atoms with E-state index in [4.69, 9.17) is 4.74 Å². The monoisotopic (exact) mass is 359 g/mol. The number of para-hydroxylation sites is 1. The normalized spacial score (nSPS) is 19.8. The Morgan fingerprint density at radius 2 is 1.69 bits per heavy atom. The largest absolute Gasteiger partial charge is 0.496 e. The van der Waals surface area contributed by atoms with Gasteiger partial charge in [0, 0.05) is 11.3 Å². The summed E-state index contributed by atoms with van der Waals surface area (Å²) in [6, 6.07) is 14.0. The van der Waals surface area contributed by atoms with Crippen LogP contribution in [0.1, 0.15) is 5.56 Å². The van der Waals surface area contributed by atoms with Gasteiger partial charge in [0.25, 0.3) is 5.91 Å². The smallest absolute Gasteiger partial charge is 0.279 e. The van der Waals surface area contributed by atoms with Crippen molar-refractivity contribution in [3.63, 3.8) is 0 Å². The maximum absolute atomic E-state index is 12.9. The van der Waals surface area contributed by atoms with E-state index in [1.165, 1.54) is 27.5 Å². The van der Waals surface area contributed by atoms with Crippen molar-refractivity contribution in [1.82, 2.24) is 0 Å². The van der Waals surface area contributed by atoms with E-state index in [0.717, 1.165) is 38.5 Å². The standard InChI is InChI=1S/C20H24FN3O2/c1-26-19-5-3-2-4-16(19)14-23-10-12-24(13-11-23)15-20(25)22-18-8-6-17(21)7-9-18/h2-9H,10-15H2,1H3,(H,22,25)/p+2. The number of carbonyl (C=O) groups is 1. The minimum absolute atomic E-state index is 0.0280. The molecule has 0 spiro atoms.